The predicted molar refractivity (Wildman–Crippen MR) is 116 cm³/mol. The van der Waals surface area contributed by atoms with Crippen LogP contribution in [-0.4, -0.2) is 69.4 Å². The van der Waals surface area contributed by atoms with E-state index in [0.717, 1.165) is 26.2 Å². The van der Waals surface area contributed by atoms with Gasteiger partial charge in [0.25, 0.3) is 0 Å². The van der Waals surface area contributed by atoms with Crippen molar-refractivity contribution in [3.63, 3.8) is 0 Å². The van der Waals surface area contributed by atoms with E-state index in [4.69, 9.17) is 11.1 Å². The van der Waals surface area contributed by atoms with Crippen molar-refractivity contribution in [2.24, 2.45) is 5.73 Å². The fraction of sp³-hybridized carbons (Fsp3) is 0.619. The van der Waals surface area contributed by atoms with Crippen LogP contribution in [0.2, 0.25) is 0 Å². The molecule has 0 bridgehead atoms. The largest absolute Gasteiger partial charge is 0.387 e. The van der Waals surface area contributed by atoms with Crippen LogP contribution in [0.4, 0.5) is 0 Å². The molecule has 1 aromatic carbocycles. The average Bonchev–Trinajstić information content (AvgIpc) is 2.68. The van der Waals surface area contributed by atoms with Gasteiger partial charge >= 0.3 is 0 Å². The summed E-state index contributed by atoms with van der Waals surface area (Å²) < 4.78 is 22.6. The maximum Gasteiger partial charge on any atom is 0.230 e. The molecule has 0 radical (unpaired) electrons. The first-order valence-corrected chi connectivity index (χ1v) is 12.1. The average molecular weight is 423 g/mol. The zero-order valence-electron chi connectivity index (χ0n) is 17.6. The van der Waals surface area contributed by atoms with Crippen molar-refractivity contribution in [3.05, 3.63) is 29.8 Å². The summed E-state index contributed by atoms with van der Waals surface area (Å²) in [5.74, 6) is 0.562. The van der Waals surface area contributed by atoms with Gasteiger partial charge in [0, 0.05) is 32.4 Å². The Hall–Kier alpha value is -1.93. The third kappa shape index (κ3) is 7.78. The summed E-state index contributed by atoms with van der Waals surface area (Å²) in [4.78, 5) is 15.8. The van der Waals surface area contributed by atoms with Crippen LogP contribution >= 0.6 is 0 Å². The van der Waals surface area contributed by atoms with Gasteiger partial charge in [0.15, 0.2) is 9.84 Å². The monoisotopic (exact) mass is 422 g/mol. The number of amides is 1. The number of likely N-dealkylation sites (N-methyl/N-ethyl adjacent to an activating group) is 1. The molecule has 7 nitrogen and oxygen atoms in total. The number of hydrogen-bond acceptors (Lipinski definition) is 5. The highest BCUT2D eigenvalue weighted by atomic mass is 32.2. The second-order valence-electron chi connectivity index (χ2n) is 8.06. The van der Waals surface area contributed by atoms with Gasteiger partial charge in [-0.15, -0.1) is 0 Å². The number of piperazine rings is 1. The lowest BCUT2D eigenvalue weighted by Crippen LogP contribution is -2.47. The Bertz CT molecular complexity index is 779. The molecule has 1 amide bonds. The predicted octanol–water partition coefficient (Wildman–Crippen LogP) is 2.22. The Morgan fingerprint density at radius 3 is 2.10 bits per heavy atom. The standard InChI is InChI=1S/C13H18O2S.C8H16N4O/c1-16(14,15)13-9-7-12(8-10-13)11-5-3-2-4-6-11;1-11-2-4-12(5-3-11)8(13)6-7(9)10/h7-11H,2-6H2,1H3;2-6H2,1H3,(H3,9,10). The number of nitrogens with zero attached hydrogens (tertiary/aromatic N) is 2. The summed E-state index contributed by atoms with van der Waals surface area (Å²) in [5, 5.41) is 7.00. The third-order valence-electron chi connectivity index (χ3n) is 5.58. The van der Waals surface area contributed by atoms with Crippen LogP contribution < -0.4 is 5.73 Å². The normalized spacial score (nSPS) is 18.6. The van der Waals surface area contributed by atoms with Gasteiger partial charge in [-0.1, -0.05) is 31.4 Å². The van der Waals surface area contributed by atoms with E-state index in [1.165, 1.54) is 43.9 Å². The molecule has 2 aliphatic rings. The number of benzene rings is 1. The van der Waals surface area contributed by atoms with Crippen molar-refractivity contribution in [3.8, 4) is 0 Å². The first kappa shape index (κ1) is 23.3. The van der Waals surface area contributed by atoms with Crippen molar-refractivity contribution in [2.75, 3.05) is 39.5 Å². The quantitative estimate of drug-likeness (QED) is 0.571. The lowest BCUT2D eigenvalue weighted by atomic mass is 9.84. The van der Waals surface area contributed by atoms with Crippen molar-refractivity contribution < 1.29 is 13.2 Å². The van der Waals surface area contributed by atoms with E-state index in [-0.39, 0.29) is 18.2 Å². The summed E-state index contributed by atoms with van der Waals surface area (Å²) in [5.41, 5.74) is 6.45. The Balaban J connectivity index is 0.000000212. The van der Waals surface area contributed by atoms with Crippen LogP contribution in [0.15, 0.2) is 29.2 Å². The van der Waals surface area contributed by atoms with Gasteiger partial charge in [-0.2, -0.15) is 0 Å². The van der Waals surface area contributed by atoms with E-state index in [1.54, 1.807) is 17.0 Å². The maximum atomic E-state index is 11.4. The number of nitrogens with two attached hydrogens (primary N) is 1. The van der Waals surface area contributed by atoms with Gasteiger partial charge in [0.2, 0.25) is 5.91 Å². The number of carbonyl (C=O) groups is 1. The van der Waals surface area contributed by atoms with Crippen molar-refractivity contribution in [1.29, 1.82) is 5.41 Å². The lowest BCUT2D eigenvalue weighted by molar-refractivity contribution is -0.131. The van der Waals surface area contributed by atoms with E-state index in [1.807, 2.05) is 19.2 Å². The van der Waals surface area contributed by atoms with Crippen LogP contribution in [0.1, 0.15) is 50.0 Å². The minimum Gasteiger partial charge on any atom is -0.387 e. The fourth-order valence-electron chi connectivity index (χ4n) is 3.75. The van der Waals surface area contributed by atoms with Crippen LogP contribution in [0.5, 0.6) is 0 Å². The number of sulfone groups is 1. The smallest absolute Gasteiger partial charge is 0.230 e. The number of hydrogen-bond donors (Lipinski definition) is 2. The van der Waals surface area contributed by atoms with E-state index in [2.05, 4.69) is 4.90 Å². The topological polar surface area (TPSA) is 108 Å². The van der Waals surface area contributed by atoms with Gasteiger partial charge in [0.05, 0.1) is 17.2 Å². The van der Waals surface area contributed by atoms with Crippen LogP contribution in [-0.2, 0) is 14.6 Å². The Morgan fingerprint density at radius 1 is 1.07 bits per heavy atom. The Kier molecular flexibility index (Phi) is 8.64. The maximum absolute atomic E-state index is 11.4. The molecule has 0 spiro atoms. The first-order valence-electron chi connectivity index (χ1n) is 10.3. The van der Waals surface area contributed by atoms with E-state index in [9.17, 15) is 13.2 Å². The van der Waals surface area contributed by atoms with Crippen LogP contribution in [0.25, 0.3) is 0 Å². The third-order valence-corrected chi connectivity index (χ3v) is 6.71. The van der Waals surface area contributed by atoms with E-state index < -0.39 is 9.84 Å². The van der Waals surface area contributed by atoms with Crippen LogP contribution in [0.3, 0.4) is 0 Å². The van der Waals surface area contributed by atoms with E-state index >= 15 is 0 Å². The second-order valence-corrected chi connectivity index (χ2v) is 10.1. The van der Waals surface area contributed by atoms with Crippen molar-refractivity contribution in [1.82, 2.24) is 9.80 Å². The lowest BCUT2D eigenvalue weighted by Gasteiger charge is -2.32. The number of rotatable bonds is 4. The molecule has 1 heterocycles. The van der Waals surface area contributed by atoms with Gasteiger partial charge in [-0.3, -0.25) is 10.2 Å². The summed E-state index contributed by atoms with van der Waals surface area (Å²) in [6.45, 7) is 3.32. The first-order chi connectivity index (χ1) is 13.7. The molecule has 3 rings (SSSR count). The Labute approximate surface area is 174 Å². The van der Waals surface area contributed by atoms with E-state index in [0.29, 0.717) is 10.8 Å². The molecule has 0 unspecified atom stereocenters. The molecule has 1 saturated heterocycles. The highest BCUT2D eigenvalue weighted by Gasteiger charge is 2.19. The molecule has 0 atom stereocenters. The molecule has 1 aliphatic heterocycles. The molecule has 0 aromatic heterocycles. The van der Waals surface area contributed by atoms with Crippen molar-refractivity contribution in [2.45, 2.75) is 49.3 Å². The summed E-state index contributed by atoms with van der Waals surface area (Å²) in [7, 11) is -1.02. The van der Waals surface area contributed by atoms with Crippen molar-refractivity contribution >= 4 is 21.6 Å². The Morgan fingerprint density at radius 2 is 1.62 bits per heavy atom. The number of carbonyl (C=O) groups excluding carboxylic acids is 1. The molecule has 1 aliphatic carbocycles. The molecule has 2 fully saturated rings. The number of amidine groups is 1. The molecule has 1 saturated carbocycles. The molecule has 3 N–H and O–H groups in total. The molecule has 29 heavy (non-hydrogen) atoms. The minimum atomic E-state index is -3.05. The fourth-order valence-corrected chi connectivity index (χ4v) is 4.38. The zero-order chi connectivity index (χ0) is 21.4. The van der Waals surface area contributed by atoms with Gasteiger partial charge in [0.1, 0.15) is 0 Å². The van der Waals surface area contributed by atoms with Gasteiger partial charge in [-0.05, 0) is 43.5 Å². The minimum absolute atomic E-state index is 0.0272. The van der Waals surface area contributed by atoms with Gasteiger partial charge in [-0.25, -0.2) is 8.42 Å². The number of nitrogens with one attached hydrogen (secondary N) is 1. The van der Waals surface area contributed by atoms with Crippen LogP contribution in [0, 0.1) is 5.41 Å². The molecule has 162 valence electrons. The summed E-state index contributed by atoms with van der Waals surface area (Å²) >= 11 is 0. The highest BCUT2D eigenvalue weighted by molar-refractivity contribution is 7.90. The molecular formula is C21H34N4O3S. The summed E-state index contributed by atoms with van der Waals surface area (Å²) in [6.07, 6.45) is 7.76. The molecule has 8 heteroatoms. The second kappa shape index (κ2) is 10.7. The molecule has 1 aromatic rings. The SMILES string of the molecule is CN1CCN(C(=O)CC(=N)N)CC1.CS(=O)(=O)c1ccc(C2CCCCC2)cc1. The summed E-state index contributed by atoms with van der Waals surface area (Å²) in [6, 6.07) is 7.43. The van der Waals surface area contributed by atoms with Gasteiger partial charge < -0.3 is 15.5 Å². The molecular weight excluding hydrogens is 388 g/mol. The zero-order valence-corrected chi connectivity index (χ0v) is 18.4. The highest BCUT2D eigenvalue weighted by Crippen LogP contribution is 2.32.